The van der Waals surface area contributed by atoms with Gasteiger partial charge in [0.25, 0.3) is 5.43 Å². The third-order valence-electron chi connectivity index (χ3n) is 4.83. The number of rotatable bonds is 5. The van der Waals surface area contributed by atoms with Crippen LogP contribution in [0.2, 0.25) is 0 Å². The molecule has 0 atom stereocenters. The molecule has 1 aliphatic heterocycles. The molecule has 0 unspecified atom stereocenters. The van der Waals surface area contributed by atoms with Crippen molar-refractivity contribution in [1.29, 1.82) is 0 Å². The lowest BCUT2D eigenvalue weighted by molar-refractivity contribution is 1.01. The van der Waals surface area contributed by atoms with E-state index in [-0.39, 0.29) is 5.69 Å². The highest BCUT2D eigenvalue weighted by molar-refractivity contribution is 8.03. The second kappa shape index (κ2) is 7.55. The zero-order valence-electron chi connectivity index (χ0n) is 16.0. The van der Waals surface area contributed by atoms with Crippen molar-refractivity contribution < 1.29 is 0 Å². The molecule has 8 heteroatoms. The van der Waals surface area contributed by atoms with E-state index in [0.29, 0.717) is 5.56 Å². The zero-order chi connectivity index (χ0) is 20.7. The molecule has 5 rings (SSSR count). The van der Waals surface area contributed by atoms with E-state index < -0.39 is 10.9 Å². The topological polar surface area (TPSA) is 74.7 Å². The summed E-state index contributed by atoms with van der Waals surface area (Å²) in [4.78, 5) is 32.0. The summed E-state index contributed by atoms with van der Waals surface area (Å²) in [6.45, 7) is 2.82. The van der Waals surface area contributed by atoms with Gasteiger partial charge in [-0.05, 0) is 37.3 Å². The van der Waals surface area contributed by atoms with Gasteiger partial charge in [-0.2, -0.15) is 5.10 Å². The number of benzene rings is 2. The van der Waals surface area contributed by atoms with E-state index in [1.807, 2.05) is 42.5 Å². The molecule has 1 aromatic heterocycles. The van der Waals surface area contributed by atoms with Gasteiger partial charge < -0.3 is 4.90 Å². The number of aromatic nitrogens is 1. The molecule has 148 valence electrons. The van der Waals surface area contributed by atoms with Crippen LogP contribution in [0.25, 0.3) is 16.3 Å². The molecule has 0 aliphatic carbocycles. The number of hydrogen-bond acceptors (Lipinski definition) is 8. The standard InChI is InChI=1S/C22H16N4O2S2/c1-2-26-15-8-4-6-10-17(15)30-19(26)11-13-20(22(28)21(13)27)25-23-12-18-24-14-7-3-5-9-16(14)29-18/h3-12,25H,2H2,1H3. The maximum atomic E-state index is 12.2. The van der Waals surface area contributed by atoms with Crippen molar-refractivity contribution in [2.24, 2.45) is 5.10 Å². The molecule has 4 aromatic rings. The van der Waals surface area contributed by atoms with Gasteiger partial charge in [0.1, 0.15) is 10.7 Å². The summed E-state index contributed by atoms with van der Waals surface area (Å²) in [6, 6.07) is 15.9. The van der Waals surface area contributed by atoms with Crippen molar-refractivity contribution in [2.45, 2.75) is 11.8 Å². The van der Waals surface area contributed by atoms with Gasteiger partial charge in [-0.15, -0.1) is 11.3 Å². The molecule has 30 heavy (non-hydrogen) atoms. The molecule has 0 radical (unpaired) electrons. The van der Waals surface area contributed by atoms with Crippen LogP contribution in [-0.2, 0) is 0 Å². The van der Waals surface area contributed by atoms with Crippen LogP contribution in [0.4, 0.5) is 11.4 Å². The van der Waals surface area contributed by atoms with Gasteiger partial charge in [-0.25, -0.2) is 4.98 Å². The van der Waals surface area contributed by atoms with Gasteiger partial charge in [0.2, 0.25) is 5.43 Å². The fourth-order valence-corrected chi connectivity index (χ4v) is 5.37. The minimum absolute atomic E-state index is 0.220. The molecular formula is C22H16N4O2S2. The Labute approximate surface area is 180 Å². The van der Waals surface area contributed by atoms with Gasteiger partial charge in [-0.1, -0.05) is 36.0 Å². The highest BCUT2D eigenvalue weighted by atomic mass is 32.2. The first kappa shape index (κ1) is 18.8. The Kier molecular flexibility index (Phi) is 4.72. The zero-order valence-corrected chi connectivity index (χ0v) is 17.6. The SMILES string of the molecule is CCN1C(=Cc2c(NN=Cc3nc4ccccc4s3)c(=O)c2=O)Sc2ccccc21. The van der Waals surface area contributed by atoms with Crippen LogP contribution in [0, 0.1) is 0 Å². The smallest absolute Gasteiger partial charge is 0.252 e. The summed E-state index contributed by atoms with van der Waals surface area (Å²) < 4.78 is 1.07. The molecule has 0 amide bonds. The number of thioether (sulfide) groups is 1. The number of hydrogen-bond donors (Lipinski definition) is 1. The van der Waals surface area contributed by atoms with Gasteiger partial charge in [0.15, 0.2) is 0 Å². The van der Waals surface area contributed by atoms with Crippen LogP contribution in [0.5, 0.6) is 0 Å². The first-order valence-corrected chi connectivity index (χ1v) is 11.0. The second-order valence-electron chi connectivity index (χ2n) is 6.63. The van der Waals surface area contributed by atoms with Crippen molar-refractivity contribution in [2.75, 3.05) is 16.9 Å². The summed E-state index contributed by atoms with van der Waals surface area (Å²) in [5, 5.41) is 5.78. The van der Waals surface area contributed by atoms with E-state index in [1.54, 1.807) is 24.1 Å². The average molecular weight is 433 g/mol. The van der Waals surface area contributed by atoms with Gasteiger partial charge in [-0.3, -0.25) is 15.0 Å². The molecule has 1 N–H and O–H groups in total. The van der Waals surface area contributed by atoms with E-state index >= 15 is 0 Å². The number of hydrazone groups is 1. The van der Waals surface area contributed by atoms with Crippen molar-refractivity contribution in [1.82, 2.24) is 4.98 Å². The van der Waals surface area contributed by atoms with E-state index in [2.05, 4.69) is 33.4 Å². The summed E-state index contributed by atoms with van der Waals surface area (Å²) in [5.74, 6) is 0. The van der Waals surface area contributed by atoms with E-state index in [4.69, 9.17) is 0 Å². The highest BCUT2D eigenvalue weighted by Crippen LogP contribution is 2.46. The van der Waals surface area contributed by atoms with Crippen LogP contribution in [0.1, 0.15) is 17.5 Å². The quantitative estimate of drug-likeness (QED) is 0.288. The van der Waals surface area contributed by atoms with Gasteiger partial charge >= 0.3 is 0 Å². The molecule has 0 fully saturated rings. The minimum Gasteiger partial charge on any atom is -0.335 e. The third kappa shape index (κ3) is 3.14. The number of nitrogens with zero attached hydrogens (tertiary/aromatic N) is 3. The molecular weight excluding hydrogens is 416 g/mol. The maximum absolute atomic E-state index is 12.2. The maximum Gasteiger partial charge on any atom is 0.252 e. The summed E-state index contributed by atoms with van der Waals surface area (Å²) in [6.07, 6.45) is 3.34. The van der Waals surface area contributed by atoms with Crippen LogP contribution < -0.4 is 21.2 Å². The Morgan fingerprint density at radius 2 is 1.90 bits per heavy atom. The molecule has 2 heterocycles. The predicted octanol–water partition coefficient (Wildman–Crippen LogP) is 4.27. The molecule has 3 aromatic carbocycles. The average Bonchev–Trinajstić information content (AvgIpc) is 3.35. The van der Waals surface area contributed by atoms with Crippen molar-refractivity contribution in [3.8, 4) is 0 Å². The number of anilines is 2. The molecule has 0 saturated carbocycles. The van der Waals surface area contributed by atoms with Gasteiger partial charge in [0, 0.05) is 11.4 Å². The Balaban J connectivity index is 1.40. The number of thiazole rings is 1. The predicted molar refractivity (Wildman–Crippen MR) is 125 cm³/mol. The lowest BCUT2D eigenvalue weighted by Crippen LogP contribution is -2.36. The number of para-hydroxylation sites is 2. The largest absolute Gasteiger partial charge is 0.335 e. The Morgan fingerprint density at radius 1 is 1.10 bits per heavy atom. The first-order chi connectivity index (χ1) is 14.7. The van der Waals surface area contributed by atoms with Crippen LogP contribution in [-0.4, -0.2) is 17.7 Å². The summed E-state index contributed by atoms with van der Waals surface area (Å²) in [5.41, 5.74) is 4.29. The third-order valence-corrected chi connectivity index (χ3v) is 6.91. The summed E-state index contributed by atoms with van der Waals surface area (Å²) in [7, 11) is 0. The van der Waals surface area contributed by atoms with E-state index in [1.165, 1.54) is 11.3 Å². The molecule has 6 nitrogen and oxygen atoms in total. The fourth-order valence-electron chi connectivity index (χ4n) is 3.37. The molecule has 0 bridgehead atoms. The normalized spacial score (nSPS) is 15.0. The molecule has 0 saturated heterocycles. The number of fused-ring (bicyclic) bond motifs is 2. The highest BCUT2D eigenvalue weighted by Gasteiger charge is 2.26. The van der Waals surface area contributed by atoms with E-state index in [9.17, 15) is 9.59 Å². The number of nitrogens with one attached hydrogen (secondary N) is 1. The van der Waals surface area contributed by atoms with Crippen molar-refractivity contribution in [3.63, 3.8) is 0 Å². The second-order valence-corrected chi connectivity index (χ2v) is 8.76. The summed E-state index contributed by atoms with van der Waals surface area (Å²) >= 11 is 3.10. The van der Waals surface area contributed by atoms with Crippen LogP contribution >= 0.6 is 23.1 Å². The fraction of sp³-hybridized carbons (Fsp3) is 0.0909. The minimum atomic E-state index is -0.549. The Morgan fingerprint density at radius 3 is 2.73 bits per heavy atom. The lowest BCUT2D eigenvalue weighted by Gasteiger charge is -2.18. The Hall–Kier alpha value is -3.23. The lowest BCUT2D eigenvalue weighted by atomic mass is 10.1. The van der Waals surface area contributed by atoms with Crippen LogP contribution in [0.15, 0.2) is 73.1 Å². The van der Waals surface area contributed by atoms with Crippen molar-refractivity contribution >= 4 is 57.0 Å². The van der Waals surface area contributed by atoms with Crippen molar-refractivity contribution in [3.05, 3.63) is 84.6 Å². The Bertz CT molecular complexity index is 1360. The van der Waals surface area contributed by atoms with Gasteiger partial charge in [0.05, 0.1) is 32.7 Å². The first-order valence-electron chi connectivity index (χ1n) is 9.40. The monoisotopic (exact) mass is 432 g/mol. The molecule has 0 spiro atoms. The molecule has 1 aliphatic rings. The van der Waals surface area contributed by atoms with E-state index in [0.717, 1.165) is 37.4 Å². The van der Waals surface area contributed by atoms with Crippen LogP contribution in [0.3, 0.4) is 0 Å².